The molecule has 0 unspecified atom stereocenters. The number of hydrogen-bond donors (Lipinski definition) is 0. The van der Waals surface area contributed by atoms with Crippen LogP contribution in [0.25, 0.3) is 97.8 Å². The Labute approximate surface area is 329 Å². The van der Waals surface area contributed by atoms with Crippen molar-refractivity contribution in [3.63, 3.8) is 0 Å². The molecular formula is C49H25N7S. The van der Waals surface area contributed by atoms with Crippen LogP contribution < -0.4 is 0 Å². The molecule has 57 heavy (non-hydrogen) atoms. The lowest BCUT2D eigenvalue weighted by Crippen LogP contribution is -2.04. The summed E-state index contributed by atoms with van der Waals surface area (Å²) in [6.45, 7) is 0. The van der Waals surface area contributed by atoms with Crippen LogP contribution in [0.1, 0.15) is 16.7 Å². The average Bonchev–Trinajstić information content (AvgIpc) is 3.94. The Morgan fingerprint density at radius 1 is 0.526 bits per heavy atom. The van der Waals surface area contributed by atoms with Crippen LogP contribution in [0.3, 0.4) is 0 Å². The van der Waals surface area contributed by atoms with E-state index >= 15 is 0 Å². The summed E-state index contributed by atoms with van der Waals surface area (Å²) >= 11 is 1.75. The molecular weight excluding hydrogens is 719 g/mol. The summed E-state index contributed by atoms with van der Waals surface area (Å²) in [6.07, 6.45) is 1.68. The first-order valence-corrected chi connectivity index (χ1v) is 19.2. The van der Waals surface area contributed by atoms with E-state index in [0.717, 1.165) is 80.7 Å². The highest BCUT2D eigenvalue weighted by molar-refractivity contribution is 7.26. The Hall–Kier alpha value is -8.09. The molecule has 0 spiro atoms. The minimum Gasteiger partial charge on any atom is -0.309 e. The van der Waals surface area contributed by atoms with Crippen LogP contribution in [-0.2, 0) is 0 Å². The summed E-state index contributed by atoms with van der Waals surface area (Å²) in [6, 6.07) is 56.0. The first-order valence-electron chi connectivity index (χ1n) is 18.3. The second-order valence-electron chi connectivity index (χ2n) is 13.9. The number of hydrogen-bond acceptors (Lipinski definition) is 6. The summed E-state index contributed by atoms with van der Waals surface area (Å²) in [5.74, 6) is 0.433. The lowest BCUT2D eigenvalue weighted by Gasteiger charge is -2.19. The van der Waals surface area contributed by atoms with E-state index in [1.54, 1.807) is 23.6 Å². The zero-order chi connectivity index (χ0) is 38.2. The van der Waals surface area contributed by atoms with E-state index in [9.17, 15) is 15.8 Å². The largest absolute Gasteiger partial charge is 0.309 e. The van der Waals surface area contributed by atoms with Crippen molar-refractivity contribution < 1.29 is 0 Å². The van der Waals surface area contributed by atoms with E-state index in [4.69, 9.17) is 9.97 Å². The van der Waals surface area contributed by atoms with Gasteiger partial charge in [-0.3, -0.25) is 0 Å². The van der Waals surface area contributed by atoms with Crippen LogP contribution in [0.2, 0.25) is 0 Å². The molecule has 0 aliphatic rings. The minimum atomic E-state index is 0.198. The standard InChI is InChI=1S/C49H25N7S/c50-26-29-23-30(27-51)45(31(24-29)28-52)38-21-22-53-49(54-38)37-25-43(55-39-16-6-1-11-32(39)33-12-2-7-17-40(33)55)46-36-15-5-10-20-44(36)57-48(46)47(37)56-41-18-8-3-13-34(41)35-14-4-9-19-42(35)56/h1-25H. The smallest absolute Gasteiger partial charge is 0.162 e. The zero-order valence-electron chi connectivity index (χ0n) is 30.0. The maximum absolute atomic E-state index is 10.3. The highest BCUT2D eigenvalue weighted by Gasteiger charge is 2.27. The van der Waals surface area contributed by atoms with Crippen LogP contribution in [0.5, 0.6) is 0 Å². The normalized spacial score (nSPS) is 11.5. The molecule has 0 fully saturated rings. The van der Waals surface area contributed by atoms with E-state index in [-0.39, 0.29) is 16.7 Å². The molecule has 0 saturated heterocycles. The minimum absolute atomic E-state index is 0.198. The van der Waals surface area contributed by atoms with Crippen molar-refractivity contribution in [3.05, 3.63) is 168 Å². The molecule has 0 amide bonds. The van der Waals surface area contributed by atoms with Crippen molar-refractivity contribution in [3.8, 4) is 52.2 Å². The number of para-hydroxylation sites is 4. The summed E-state index contributed by atoms with van der Waals surface area (Å²) in [7, 11) is 0. The Morgan fingerprint density at radius 3 is 1.58 bits per heavy atom. The topological polar surface area (TPSA) is 107 Å². The summed E-state index contributed by atoms with van der Waals surface area (Å²) in [5.41, 5.74) is 8.37. The molecule has 0 N–H and O–H groups in total. The van der Waals surface area contributed by atoms with E-state index < -0.39 is 0 Å². The first kappa shape index (κ1) is 32.3. The molecule has 0 saturated carbocycles. The molecule has 8 heteroatoms. The highest BCUT2D eigenvalue weighted by atomic mass is 32.1. The molecule has 7 nitrogen and oxygen atoms in total. The monoisotopic (exact) mass is 743 g/mol. The lowest BCUT2D eigenvalue weighted by molar-refractivity contribution is 1.13. The van der Waals surface area contributed by atoms with E-state index in [1.165, 1.54) is 12.1 Å². The van der Waals surface area contributed by atoms with Gasteiger partial charge in [0.15, 0.2) is 5.82 Å². The van der Waals surface area contributed by atoms with Crippen molar-refractivity contribution in [1.82, 2.24) is 19.1 Å². The first-order chi connectivity index (χ1) is 28.2. The van der Waals surface area contributed by atoms with Crippen LogP contribution in [0.15, 0.2) is 152 Å². The van der Waals surface area contributed by atoms with Crippen LogP contribution in [-0.4, -0.2) is 19.1 Å². The number of fused-ring (bicyclic) bond motifs is 9. The second kappa shape index (κ2) is 12.5. The molecule has 0 bridgehead atoms. The van der Waals surface area contributed by atoms with Gasteiger partial charge in [-0.05, 0) is 54.6 Å². The van der Waals surface area contributed by atoms with E-state index in [0.29, 0.717) is 17.1 Å². The van der Waals surface area contributed by atoms with Gasteiger partial charge in [0.1, 0.15) is 0 Å². The van der Waals surface area contributed by atoms with Crippen LogP contribution in [0, 0.1) is 34.0 Å². The van der Waals surface area contributed by atoms with Crippen molar-refractivity contribution in [2.45, 2.75) is 0 Å². The lowest BCUT2D eigenvalue weighted by atomic mass is 9.96. The molecule has 0 aliphatic carbocycles. The third-order valence-corrected chi connectivity index (χ3v) is 12.1. The van der Waals surface area contributed by atoms with Gasteiger partial charge in [0.25, 0.3) is 0 Å². The molecule has 4 aromatic heterocycles. The number of aromatic nitrogens is 4. The molecule has 0 aliphatic heterocycles. The molecule has 0 radical (unpaired) electrons. The Balaban J connectivity index is 1.35. The van der Waals surface area contributed by atoms with Crippen LogP contribution in [0.4, 0.5) is 0 Å². The fraction of sp³-hybridized carbons (Fsp3) is 0. The number of nitrogens with zero attached hydrogens (tertiary/aromatic N) is 7. The van der Waals surface area contributed by atoms with Crippen LogP contribution >= 0.6 is 11.3 Å². The molecule has 7 aromatic carbocycles. The van der Waals surface area contributed by atoms with Gasteiger partial charge in [0.05, 0.1) is 78.7 Å². The van der Waals surface area contributed by atoms with E-state index in [2.05, 4.69) is 155 Å². The summed E-state index contributed by atoms with van der Waals surface area (Å²) < 4.78 is 6.92. The molecule has 0 atom stereocenters. The van der Waals surface area contributed by atoms with Gasteiger partial charge in [-0.1, -0.05) is 91.0 Å². The molecule has 11 aromatic rings. The third kappa shape index (κ3) is 4.68. The van der Waals surface area contributed by atoms with Crippen molar-refractivity contribution in [2.24, 2.45) is 0 Å². The van der Waals surface area contributed by atoms with Gasteiger partial charge in [0, 0.05) is 54.3 Å². The predicted molar refractivity (Wildman–Crippen MR) is 229 cm³/mol. The molecule has 11 rings (SSSR count). The van der Waals surface area contributed by atoms with Crippen molar-refractivity contribution in [2.75, 3.05) is 0 Å². The quantitative estimate of drug-likeness (QED) is 0.178. The molecule has 4 heterocycles. The second-order valence-corrected chi connectivity index (χ2v) is 14.9. The highest BCUT2D eigenvalue weighted by Crippen LogP contribution is 2.48. The fourth-order valence-electron chi connectivity index (χ4n) is 8.57. The number of thiophene rings is 1. The predicted octanol–water partition coefficient (Wildman–Crippen LogP) is 12.0. The third-order valence-electron chi connectivity index (χ3n) is 10.9. The van der Waals surface area contributed by atoms with E-state index in [1.807, 2.05) is 0 Å². The maximum atomic E-state index is 10.3. The Bertz CT molecular complexity index is 3500. The van der Waals surface area contributed by atoms with Crippen molar-refractivity contribution in [1.29, 1.82) is 15.8 Å². The van der Waals surface area contributed by atoms with Gasteiger partial charge in [0.2, 0.25) is 0 Å². The Kier molecular flexibility index (Phi) is 7.08. The zero-order valence-corrected chi connectivity index (χ0v) is 30.8. The van der Waals surface area contributed by atoms with Gasteiger partial charge in [-0.15, -0.1) is 11.3 Å². The maximum Gasteiger partial charge on any atom is 0.162 e. The molecule has 262 valence electrons. The van der Waals surface area contributed by atoms with Gasteiger partial charge < -0.3 is 9.13 Å². The number of rotatable bonds is 4. The average molecular weight is 744 g/mol. The SMILES string of the molecule is N#Cc1cc(C#N)c(-c2ccnc(-c3cc(-n4c5ccccc5c5ccccc54)c4c(sc5ccccc54)c3-n3c4ccccc4c4ccccc43)n2)c(C#N)c1. The van der Waals surface area contributed by atoms with Gasteiger partial charge >= 0.3 is 0 Å². The van der Waals surface area contributed by atoms with Gasteiger partial charge in [-0.25, -0.2) is 9.97 Å². The van der Waals surface area contributed by atoms with Gasteiger partial charge in [-0.2, -0.15) is 15.8 Å². The fourth-order valence-corrected chi connectivity index (χ4v) is 9.83. The number of benzene rings is 7. The Morgan fingerprint density at radius 2 is 1.04 bits per heavy atom. The summed E-state index contributed by atoms with van der Waals surface area (Å²) in [5, 5.41) is 37.0. The summed E-state index contributed by atoms with van der Waals surface area (Å²) in [4.78, 5) is 10.2. The number of nitriles is 3. The van der Waals surface area contributed by atoms with Crippen molar-refractivity contribution >= 4 is 75.1 Å².